The summed E-state index contributed by atoms with van der Waals surface area (Å²) in [5.74, 6) is -1.55. The SMILES string of the molecule is CC(C)C(=O)O[C@@H]1[C@H](OC(O)C(C)C)[C@@H](COP(=O)(N[C@@H](C)C(=O)OC2CCCCC2)Oc2ccc(C(C)(C)C)cc2)O[C@@]1(C)c1ccc2c(N)ncnn12. The van der Waals surface area contributed by atoms with Crippen LogP contribution < -0.4 is 15.3 Å². The Kier molecular flexibility index (Phi) is 13.4. The molecule has 3 heterocycles. The molecule has 2 aromatic heterocycles. The maximum absolute atomic E-state index is 14.8. The first-order chi connectivity index (χ1) is 25.8. The smallest absolute Gasteiger partial charge is 0.459 e. The Hall–Kier alpha value is -3.59. The highest BCUT2D eigenvalue weighted by Gasteiger charge is 2.59. The van der Waals surface area contributed by atoms with Crippen LogP contribution in [0.4, 0.5) is 5.82 Å². The number of ether oxygens (including phenoxy) is 4. The summed E-state index contributed by atoms with van der Waals surface area (Å²) in [4.78, 5) is 30.6. The topological polar surface area (TPSA) is 195 Å². The zero-order valence-electron chi connectivity index (χ0n) is 33.4. The van der Waals surface area contributed by atoms with Crippen molar-refractivity contribution in [2.75, 3.05) is 12.3 Å². The van der Waals surface area contributed by atoms with Gasteiger partial charge in [-0.2, -0.15) is 10.2 Å². The second-order valence-electron chi connectivity index (χ2n) is 16.4. The van der Waals surface area contributed by atoms with Gasteiger partial charge in [-0.25, -0.2) is 14.1 Å². The molecule has 1 saturated heterocycles. The average molecular weight is 788 g/mol. The van der Waals surface area contributed by atoms with E-state index in [4.69, 9.17) is 33.7 Å². The van der Waals surface area contributed by atoms with Crippen molar-refractivity contribution in [2.45, 2.75) is 142 Å². The van der Waals surface area contributed by atoms with Gasteiger partial charge in [-0.05, 0) is 74.8 Å². The van der Waals surface area contributed by atoms with E-state index in [1.807, 2.05) is 12.1 Å². The van der Waals surface area contributed by atoms with Crippen molar-refractivity contribution in [1.29, 1.82) is 0 Å². The molecular weight excluding hydrogens is 729 g/mol. The van der Waals surface area contributed by atoms with Crippen molar-refractivity contribution in [3.05, 3.63) is 54.0 Å². The first-order valence-electron chi connectivity index (χ1n) is 19.1. The number of nitrogens with two attached hydrogens (primary N) is 1. The van der Waals surface area contributed by atoms with Crippen LogP contribution in [0.15, 0.2) is 42.7 Å². The third-order valence-corrected chi connectivity index (χ3v) is 11.7. The lowest BCUT2D eigenvalue weighted by Gasteiger charge is -2.32. The number of hydrogen-bond acceptors (Lipinski definition) is 13. The van der Waals surface area contributed by atoms with Gasteiger partial charge in [0.2, 0.25) is 0 Å². The molecule has 0 bridgehead atoms. The Bertz CT molecular complexity index is 1820. The van der Waals surface area contributed by atoms with E-state index in [0.29, 0.717) is 11.2 Å². The monoisotopic (exact) mass is 787 g/mol. The van der Waals surface area contributed by atoms with Crippen molar-refractivity contribution in [3.63, 3.8) is 0 Å². The van der Waals surface area contributed by atoms with Gasteiger partial charge >= 0.3 is 19.7 Å². The Balaban J connectivity index is 1.50. The number of aliphatic hydroxyl groups is 1. The molecule has 55 heavy (non-hydrogen) atoms. The quantitative estimate of drug-likeness (QED) is 0.0894. The van der Waals surface area contributed by atoms with Crippen molar-refractivity contribution >= 4 is 31.0 Å². The maximum atomic E-state index is 14.8. The molecule has 16 heteroatoms. The predicted octanol–water partition coefficient (Wildman–Crippen LogP) is 6.21. The molecule has 1 aliphatic carbocycles. The number of aromatic nitrogens is 3. The normalized spacial score (nSPS) is 24.5. The molecular formula is C39H58N5O10P. The van der Waals surface area contributed by atoms with Crippen LogP contribution in [0.25, 0.3) is 5.52 Å². The van der Waals surface area contributed by atoms with Crippen LogP contribution in [0.1, 0.15) is 106 Å². The van der Waals surface area contributed by atoms with Crippen LogP contribution in [-0.2, 0) is 48.6 Å². The molecule has 2 aliphatic rings. The molecule has 0 amide bonds. The van der Waals surface area contributed by atoms with Crippen LogP contribution in [0.2, 0.25) is 0 Å². The number of benzene rings is 1. The third kappa shape index (κ3) is 10.1. The number of nitrogens with zero attached hydrogens (tertiary/aromatic N) is 3. The van der Waals surface area contributed by atoms with E-state index in [2.05, 4.69) is 35.9 Å². The van der Waals surface area contributed by atoms with E-state index in [1.54, 1.807) is 58.9 Å². The predicted molar refractivity (Wildman–Crippen MR) is 205 cm³/mol. The van der Waals surface area contributed by atoms with Gasteiger partial charge in [0.25, 0.3) is 0 Å². The summed E-state index contributed by atoms with van der Waals surface area (Å²) < 4.78 is 53.4. The fourth-order valence-electron chi connectivity index (χ4n) is 6.69. The lowest BCUT2D eigenvalue weighted by Crippen LogP contribution is -2.47. The Morgan fingerprint density at radius 2 is 1.71 bits per heavy atom. The number of nitrogen functional groups attached to an aromatic ring is 1. The van der Waals surface area contributed by atoms with Crippen LogP contribution in [0.5, 0.6) is 5.75 Å². The third-order valence-electron chi connectivity index (χ3n) is 10.1. The lowest BCUT2D eigenvalue weighted by atomic mass is 9.87. The summed E-state index contributed by atoms with van der Waals surface area (Å²) in [5, 5.41) is 18.2. The summed E-state index contributed by atoms with van der Waals surface area (Å²) >= 11 is 0. The van der Waals surface area contributed by atoms with E-state index >= 15 is 0 Å². The lowest BCUT2D eigenvalue weighted by molar-refractivity contribution is -0.199. The number of fused-ring (bicyclic) bond motifs is 1. The zero-order chi connectivity index (χ0) is 40.3. The van der Waals surface area contributed by atoms with Gasteiger partial charge in [0, 0.05) is 5.92 Å². The highest BCUT2D eigenvalue weighted by Crippen LogP contribution is 2.49. The van der Waals surface area contributed by atoms with E-state index in [-0.39, 0.29) is 29.0 Å². The number of carbonyl (C=O) groups excluding carboxylic acids is 2. The van der Waals surface area contributed by atoms with E-state index < -0.39 is 68.5 Å². The molecule has 2 fully saturated rings. The van der Waals surface area contributed by atoms with E-state index in [1.165, 1.54) is 17.8 Å². The molecule has 3 aromatic rings. The number of hydrogen-bond donors (Lipinski definition) is 3. The van der Waals surface area contributed by atoms with Crippen LogP contribution in [0.3, 0.4) is 0 Å². The largest absolute Gasteiger partial charge is 0.461 e. The van der Waals surface area contributed by atoms with E-state index in [9.17, 15) is 19.3 Å². The fraction of sp³-hybridized carbons (Fsp3) is 0.641. The second-order valence-corrected chi connectivity index (χ2v) is 18.1. The highest BCUT2D eigenvalue weighted by molar-refractivity contribution is 7.52. The number of aliphatic hydroxyl groups excluding tert-OH is 1. The number of esters is 2. The van der Waals surface area contributed by atoms with Crippen molar-refractivity contribution in [1.82, 2.24) is 19.7 Å². The van der Waals surface area contributed by atoms with Crippen LogP contribution >= 0.6 is 7.75 Å². The summed E-state index contributed by atoms with van der Waals surface area (Å²) in [5.41, 5.74) is 6.52. The molecule has 1 aromatic carbocycles. The molecule has 5 rings (SSSR count). The van der Waals surface area contributed by atoms with Gasteiger partial charge in [0.15, 0.2) is 18.2 Å². The molecule has 0 spiro atoms. The van der Waals surface area contributed by atoms with Gasteiger partial charge in [-0.15, -0.1) is 0 Å². The number of carbonyl (C=O) groups is 2. The zero-order valence-corrected chi connectivity index (χ0v) is 34.3. The maximum Gasteiger partial charge on any atom is 0.459 e. The summed E-state index contributed by atoms with van der Waals surface area (Å²) in [6.07, 6.45) is 0.904. The highest BCUT2D eigenvalue weighted by atomic mass is 31.2. The van der Waals surface area contributed by atoms with Crippen molar-refractivity contribution < 1.29 is 47.3 Å². The van der Waals surface area contributed by atoms with Gasteiger partial charge in [0.1, 0.15) is 47.5 Å². The molecule has 7 atom stereocenters. The Morgan fingerprint density at radius 3 is 2.33 bits per heavy atom. The van der Waals surface area contributed by atoms with Gasteiger partial charge in [-0.1, -0.05) is 67.0 Å². The standard InChI is InChI=1S/C39H58N5O10P/c1-23(2)35(45)51-32-30(53-39(9,33(32)52-36(46)24(3)4)31-20-19-29-34(40)41-22-42-44(29)31)21-49-55(48,54-28-17-15-26(16-18-28)38(6,7)8)43-25(5)37(47)50-27-13-11-10-12-14-27/h15-20,22-25,27,30,32-33,35,45H,10-14,21H2,1-9H3,(H,43,48)(H2,40,41,42)/t25-,30+,32+,33+,35?,39-,55?/m0/s1. The van der Waals surface area contributed by atoms with Gasteiger partial charge in [-0.3, -0.25) is 14.1 Å². The van der Waals surface area contributed by atoms with Gasteiger partial charge < -0.3 is 34.3 Å². The fourth-order valence-corrected chi connectivity index (χ4v) is 8.20. The minimum absolute atomic E-state index is 0.144. The minimum atomic E-state index is -4.40. The molecule has 2 unspecified atom stereocenters. The first kappa shape index (κ1) is 42.6. The second kappa shape index (κ2) is 17.3. The molecule has 0 radical (unpaired) electrons. The molecule has 4 N–H and O–H groups in total. The number of nitrogens with one attached hydrogen (secondary N) is 1. The average Bonchev–Trinajstić information content (AvgIpc) is 3.68. The summed E-state index contributed by atoms with van der Waals surface area (Å²) in [6.45, 7) is 16.0. The molecule has 15 nitrogen and oxygen atoms in total. The Labute approximate surface area is 323 Å². The van der Waals surface area contributed by atoms with Crippen LogP contribution in [-0.4, -0.2) is 75.0 Å². The summed E-state index contributed by atoms with van der Waals surface area (Å²) in [7, 11) is -4.40. The van der Waals surface area contributed by atoms with Crippen molar-refractivity contribution in [2.24, 2.45) is 11.8 Å². The van der Waals surface area contributed by atoms with E-state index in [0.717, 1.165) is 37.7 Å². The van der Waals surface area contributed by atoms with Crippen molar-refractivity contribution in [3.8, 4) is 5.75 Å². The number of anilines is 1. The first-order valence-corrected chi connectivity index (χ1v) is 20.7. The molecule has 1 aliphatic heterocycles. The minimum Gasteiger partial charge on any atom is -0.461 e. The Morgan fingerprint density at radius 1 is 1.04 bits per heavy atom. The summed E-state index contributed by atoms with van der Waals surface area (Å²) in [6, 6.07) is 9.47. The number of rotatable bonds is 15. The van der Waals surface area contributed by atoms with Crippen LogP contribution in [0, 0.1) is 11.8 Å². The van der Waals surface area contributed by atoms with Gasteiger partial charge in [0.05, 0.1) is 18.2 Å². The molecule has 1 saturated carbocycles. The molecule has 304 valence electrons.